The molecule has 5 nitrogen and oxygen atoms in total. The summed E-state index contributed by atoms with van der Waals surface area (Å²) in [6.45, 7) is 3.69. The Bertz CT molecular complexity index is 650. The minimum atomic E-state index is 0.213. The molecule has 1 aromatic heterocycles. The number of rotatable bonds is 4. The van der Waals surface area contributed by atoms with Crippen molar-refractivity contribution >= 4 is 5.91 Å². The maximum Gasteiger partial charge on any atom is 0.220 e. The first-order chi connectivity index (χ1) is 10.8. The smallest absolute Gasteiger partial charge is 0.220 e. The first-order valence-corrected chi connectivity index (χ1v) is 7.83. The summed E-state index contributed by atoms with van der Waals surface area (Å²) in [5.74, 6) is 0.706. The zero-order chi connectivity index (χ0) is 14.9. The molecule has 2 aromatic rings. The second-order valence-electron chi connectivity index (χ2n) is 6.36. The molecule has 2 fully saturated rings. The van der Waals surface area contributed by atoms with E-state index in [4.69, 9.17) is 0 Å². The molecule has 22 heavy (non-hydrogen) atoms. The van der Waals surface area contributed by atoms with Crippen LogP contribution in [0.3, 0.4) is 0 Å². The van der Waals surface area contributed by atoms with Gasteiger partial charge in [-0.05, 0) is 5.56 Å². The van der Waals surface area contributed by atoms with Gasteiger partial charge < -0.3 is 5.32 Å². The van der Waals surface area contributed by atoms with Crippen LogP contribution in [0, 0.1) is 5.92 Å². The predicted molar refractivity (Wildman–Crippen MR) is 83.1 cm³/mol. The minimum Gasteiger partial charge on any atom is -0.352 e. The second kappa shape index (κ2) is 5.57. The van der Waals surface area contributed by atoms with Crippen molar-refractivity contribution in [1.29, 1.82) is 0 Å². The van der Waals surface area contributed by atoms with Crippen LogP contribution in [0.25, 0.3) is 0 Å². The van der Waals surface area contributed by atoms with Crippen molar-refractivity contribution in [1.82, 2.24) is 20.0 Å². The molecule has 0 spiro atoms. The normalized spacial score (nSPS) is 24.5. The van der Waals surface area contributed by atoms with E-state index in [1.54, 1.807) is 0 Å². The van der Waals surface area contributed by atoms with E-state index >= 15 is 0 Å². The van der Waals surface area contributed by atoms with Crippen LogP contribution in [0.2, 0.25) is 0 Å². The fourth-order valence-corrected chi connectivity index (χ4v) is 3.57. The zero-order valence-corrected chi connectivity index (χ0v) is 12.5. The number of fused-ring (bicyclic) bond motifs is 1. The monoisotopic (exact) mass is 296 g/mol. The molecule has 0 unspecified atom stereocenters. The molecule has 114 valence electrons. The molecule has 1 aromatic carbocycles. The molecule has 0 radical (unpaired) electrons. The molecule has 3 heterocycles. The number of nitrogens with one attached hydrogen (secondary N) is 1. The molecule has 2 aliphatic rings. The van der Waals surface area contributed by atoms with Crippen LogP contribution in [0.1, 0.15) is 17.5 Å². The lowest BCUT2D eigenvalue weighted by atomic mass is 10.1. The van der Waals surface area contributed by atoms with Crippen LogP contribution < -0.4 is 5.32 Å². The van der Waals surface area contributed by atoms with Gasteiger partial charge >= 0.3 is 0 Å². The molecule has 2 atom stereocenters. The van der Waals surface area contributed by atoms with Gasteiger partial charge in [-0.1, -0.05) is 30.3 Å². The first kappa shape index (κ1) is 13.5. The van der Waals surface area contributed by atoms with E-state index in [9.17, 15) is 4.79 Å². The van der Waals surface area contributed by atoms with Crippen molar-refractivity contribution < 1.29 is 4.79 Å². The topological polar surface area (TPSA) is 50.2 Å². The molecular weight excluding hydrogens is 276 g/mol. The Balaban J connectivity index is 1.36. The van der Waals surface area contributed by atoms with E-state index in [-0.39, 0.29) is 5.91 Å². The van der Waals surface area contributed by atoms with Crippen LogP contribution in [0.4, 0.5) is 0 Å². The highest BCUT2D eigenvalue weighted by atomic mass is 16.2. The molecular formula is C17H20N4O. The van der Waals surface area contributed by atoms with Gasteiger partial charge in [-0.2, -0.15) is 5.10 Å². The Kier molecular flexibility index (Phi) is 3.42. The SMILES string of the molecule is O=C1C[C@H]2CN(Cc3cnn(Cc4ccccc4)c3)C[C@H]2N1. The number of likely N-dealkylation sites (tertiary alicyclic amines) is 1. The van der Waals surface area contributed by atoms with Gasteiger partial charge in [-0.15, -0.1) is 0 Å². The van der Waals surface area contributed by atoms with Crippen LogP contribution in [0.15, 0.2) is 42.7 Å². The summed E-state index contributed by atoms with van der Waals surface area (Å²) in [5.41, 5.74) is 2.50. The first-order valence-electron chi connectivity index (χ1n) is 7.83. The summed E-state index contributed by atoms with van der Waals surface area (Å²) in [6.07, 6.45) is 4.77. The third kappa shape index (κ3) is 2.76. The summed E-state index contributed by atoms with van der Waals surface area (Å²) in [6, 6.07) is 10.7. The van der Waals surface area contributed by atoms with Crippen LogP contribution in [0.5, 0.6) is 0 Å². The van der Waals surface area contributed by atoms with Crippen molar-refractivity contribution in [2.45, 2.75) is 25.6 Å². The number of carbonyl (C=O) groups excluding carboxylic acids is 1. The highest BCUT2D eigenvalue weighted by Gasteiger charge is 2.39. The Morgan fingerprint density at radius 1 is 1.14 bits per heavy atom. The average Bonchev–Trinajstić information content (AvgIpc) is 3.16. The molecule has 2 aliphatic heterocycles. The van der Waals surface area contributed by atoms with E-state index in [2.05, 4.69) is 45.8 Å². The Morgan fingerprint density at radius 2 is 2.00 bits per heavy atom. The predicted octanol–water partition coefficient (Wildman–Crippen LogP) is 1.25. The van der Waals surface area contributed by atoms with Crippen molar-refractivity contribution in [2.24, 2.45) is 5.92 Å². The van der Waals surface area contributed by atoms with Crippen LogP contribution in [-0.2, 0) is 17.9 Å². The lowest BCUT2D eigenvalue weighted by Gasteiger charge is -2.15. The van der Waals surface area contributed by atoms with Crippen molar-refractivity contribution in [3.05, 3.63) is 53.9 Å². The number of amides is 1. The fourth-order valence-electron chi connectivity index (χ4n) is 3.57. The summed E-state index contributed by atoms with van der Waals surface area (Å²) < 4.78 is 1.99. The number of carbonyl (C=O) groups is 1. The standard InChI is InChI=1S/C17H20N4O/c22-17-6-15-11-20(12-16(15)19-17)8-14-7-18-21(10-14)9-13-4-2-1-3-5-13/h1-5,7,10,15-16H,6,8-9,11-12H2,(H,19,22)/t15-,16+/m0/s1. The average molecular weight is 296 g/mol. The van der Waals surface area contributed by atoms with E-state index in [0.717, 1.165) is 26.2 Å². The van der Waals surface area contributed by atoms with Gasteiger partial charge in [-0.25, -0.2) is 0 Å². The lowest BCUT2D eigenvalue weighted by Crippen LogP contribution is -2.32. The highest BCUT2D eigenvalue weighted by Crippen LogP contribution is 2.26. The minimum absolute atomic E-state index is 0.213. The van der Waals surface area contributed by atoms with Crippen LogP contribution in [-0.4, -0.2) is 39.7 Å². The van der Waals surface area contributed by atoms with E-state index in [1.165, 1.54) is 11.1 Å². The molecule has 1 N–H and O–H groups in total. The van der Waals surface area contributed by atoms with Gasteiger partial charge in [0, 0.05) is 49.8 Å². The lowest BCUT2D eigenvalue weighted by molar-refractivity contribution is -0.119. The zero-order valence-electron chi connectivity index (χ0n) is 12.5. The third-order valence-electron chi connectivity index (χ3n) is 4.59. The number of nitrogens with zero attached hydrogens (tertiary/aromatic N) is 3. The van der Waals surface area contributed by atoms with E-state index in [1.807, 2.05) is 16.9 Å². The van der Waals surface area contributed by atoms with Gasteiger partial charge in [0.15, 0.2) is 0 Å². The molecule has 5 heteroatoms. The Labute approximate surface area is 129 Å². The molecule has 0 saturated carbocycles. The van der Waals surface area contributed by atoms with Gasteiger partial charge in [-0.3, -0.25) is 14.4 Å². The summed E-state index contributed by atoms with van der Waals surface area (Å²) in [4.78, 5) is 13.8. The number of hydrogen-bond donors (Lipinski definition) is 1. The van der Waals surface area contributed by atoms with Gasteiger partial charge in [0.25, 0.3) is 0 Å². The van der Waals surface area contributed by atoms with E-state index < -0.39 is 0 Å². The largest absolute Gasteiger partial charge is 0.352 e. The molecule has 0 aliphatic carbocycles. The number of aromatic nitrogens is 2. The molecule has 1 amide bonds. The van der Waals surface area contributed by atoms with E-state index in [0.29, 0.717) is 18.4 Å². The maximum atomic E-state index is 11.4. The van der Waals surface area contributed by atoms with Crippen LogP contribution >= 0.6 is 0 Å². The Hall–Kier alpha value is -2.14. The quantitative estimate of drug-likeness (QED) is 0.924. The molecule has 0 bridgehead atoms. The van der Waals surface area contributed by atoms with Crippen molar-refractivity contribution in [3.8, 4) is 0 Å². The summed E-state index contributed by atoms with van der Waals surface area (Å²) in [7, 11) is 0. The molecule has 2 saturated heterocycles. The third-order valence-corrected chi connectivity index (χ3v) is 4.59. The van der Waals surface area contributed by atoms with Gasteiger partial charge in [0.05, 0.1) is 12.7 Å². The highest BCUT2D eigenvalue weighted by molar-refractivity contribution is 5.79. The maximum absolute atomic E-state index is 11.4. The van der Waals surface area contributed by atoms with Crippen molar-refractivity contribution in [2.75, 3.05) is 13.1 Å². The summed E-state index contributed by atoms with van der Waals surface area (Å²) >= 11 is 0. The molecule has 4 rings (SSSR count). The van der Waals surface area contributed by atoms with Gasteiger partial charge in [0.1, 0.15) is 0 Å². The fraction of sp³-hybridized carbons (Fsp3) is 0.412. The number of benzene rings is 1. The summed E-state index contributed by atoms with van der Waals surface area (Å²) in [5, 5.41) is 7.53. The second-order valence-corrected chi connectivity index (χ2v) is 6.36. The van der Waals surface area contributed by atoms with Crippen molar-refractivity contribution in [3.63, 3.8) is 0 Å². The van der Waals surface area contributed by atoms with Gasteiger partial charge in [0.2, 0.25) is 5.91 Å². The Morgan fingerprint density at radius 3 is 2.82 bits per heavy atom. The number of hydrogen-bond acceptors (Lipinski definition) is 3.